The van der Waals surface area contributed by atoms with E-state index in [0.717, 1.165) is 12.2 Å². The first-order chi connectivity index (χ1) is 12.5. The topological polar surface area (TPSA) is 71.2 Å². The fraction of sp³-hybridized carbons (Fsp3) is 0.238. The average Bonchev–Trinajstić information content (AvgIpc) is 2.63. The van der Waals surface area contributed by atoms with E-state index in [4.69, 9.17) is 4.74 Å². The van der Waals surface area contributed by atoms with Gasteiger partial charge in [-0.05, 0) is 42.7 Å². The van der Waals surface area contributed by atoms with Crippen molar-refractivity contribution in [1.82, 2.24) is 4.98 Å². The zero-order chi connectivity index (χ0) is 18.5. The molecule has 0 bridgehead atoms. The number of nitrogens with one attached hydrogen (secondary N) is 2. The molecule has 0 spiro atoms. The van der Waals surface area contributed by atoms with Gasteiger partial charge in [-0.2, -0.15) is 0 Å². The molecule has 2 aromatic carbocycles. The van der Waals surface area contributed by atoms with Gasteiger partial charge in [-0.25, -0.2) is 0 Å². The number of carbonyl (C=O) groups is 1. The van der Waals surface area contributed by atoms with Crippen molar-refractivity contribution in [3.63, 3.8) is 0 Å². The first-order valence-corrected chi connectivity index (χ1v) is 8.69. The van der Waals surface area contributed by atoms with Gasteiger partial charge in [0.1, 0.15) is 5.75 Å². The third-order valence-corrected chi connectivity index (χ3v) is 4.13. The van der Waals surface area contributed by atoms with E-state index in [1.165, 1.54) is 6.20 Å². The number of fused-ring (bicyclic) bond motifs is 1. The third kappa shape index (κ3) is 4.11. The van der Waals surface area contributed by atoms with Crippen molar-refractivity contribution in [3.8, 4) is 5.75 Å². The van der Waals surface area contributed by atoms with Gasteiger partial charge in [0.2, 0.25) is 0 Å². The number of pyridine rings is 1. The monoisotopic (exact) mass is 350 g/mol. The molecule has 3 aromatic rings. The van der Waals surface area contributed by atoms with E-state index < -0.39 is 0 Å². The highest BCUT2D eigenvalue weighted by atomic mass is 16.5. The molecule has 0 radical (unpaired) electrons. The first kappa shape index (κ1) is 17.7. The summed E-state index contributed by atoms with van der Waals surface area (Å²) in [5.41, 5.74) is 0.888. The molecule has 5 heteroatoms. The highest BCUT2D eigenvalue weighted by Crippen LogP contribution is 2.19. The Morgan fingerprint density at radius 2 is 1.77 bits per heavy atom. The average molecular weight is 350 g/mol. The Morgan fingerprint density at radius 1 is 1.08 bits per heavy atom. The molecule has 0 aliphatic rings. The van der Waals surface area contributed by atoms with Crippen molar-refractivity contribution in [2.45, 2.75) is 20.3 Å². The molecule has 1 amide bonds. The van der Waals surface area contributed by atoms with Crippen LogP contribution in [0.4, 0.5) is 5.69 Å². The fourth-order valence-corrected chi connectivity index (χ4v) is 2.64. The largest absolute Gasteiger partial charge is 0.494 e. The molecule has 0 saturated carbocycles. The van der Waals surface area contributed by atoms with E-state index in [0.29, 0.717) is 34.5 Å². The summed E-state index contributed by atoms with van der Waals surface area (Å²) in [4.78, 5) is 27.1. The highest BCUT2D eigenvalue weighted by Gasteiger charge is 2.12. The van der Waals surface area contributed by atoms with Crippen molar-refractivity contribution in [2.24, 2.45) is 5.92 Å². The van der Waals surface area contributed by atoms with Gasteiger partial charge in [0.15, 0.2) is 0 Å². The number of aromatic nitrogens is 1. The number of hydrogen-bond acceptors (Lipinski definition) is 3. The predicted octanol–water partition coefficient (Wildman–Crippen LogP) is 4.21. The van der Waals surface area contributed by atoms with E-state index >= 15 is 0 Å². The van der Waals surface area contributed by atoms with Gasteiger partial charge in [0, 0.05) is 22.7 Å². The Hall–Kier alpha value is -3.08. The molecule has 3 rings (SSSR count). The number of H-pyrrole nitrogens is 1. The Labute approximate surface area is 152 Å². The quantitative estimate of drug-likeness (QED) is 0.700. The number of amides is 1. The van der Waals surface area contributed by atoms with Crippen LogP contribution >= 0.6 is 0 Å². The predicted molar refractivity (Wildman–Crippen MR) is 104 cm³/mol. The second-order valence-corrected chi connectivity index (χ2v) is 6.59. The molecule has 5 nitrogen and oxygen atoms in total. The lowest BCUT2D eigenvalue weighted by atomic mass is 10.1. The van der Waals surface area contributed by atoms with Gasteiger partial charge in [0.25, 0.3) is 11.5 Å². The molecule has 0 aliphatic carbocycles. The van der Waals surface area contributed by atoms with Gasteiger partial charge in [-0.1, -0.05) is 32.0 Å². The lowest BCUT2D eigenvalue weighted by molar-refractivity contribution is 0.102. The maximum atomic E-state index is 12.6. The number of benzene rings is 2. The van der Waals surface area contributed by atoms with E-state index in [-0.39, 0.29) is 11.5 Å². The number of anilines is 1. The summed E-state index contributed by atoms with van der Waals surface area (Å²) < 4.78 is 5.68. The third-order valence-electron chi connectivity index (χ3n) is 4.13. The number of aromatic amines is 1. The fourth-order valence-electron chi connectivity index (χ4n) is 2.64. The Bertz CT molecular complexity index is 959. The van der Waals surface area contributed by atoms with Gasteiger partial charge >= 0.3 is 0 Å². The van der Waals surface area contributed by atoms with Crippen LogP contribution in [0.15, 0.2) is 59.5 Å². The highest BCUT2D eigenvalue weighted by molar-refractivity contribution is 6.12. The molecule has 1 aromatic heterocycles. The zero-order valence-corrected chi connectivity index (χ0v) is 14.9. The lowest BCUT2D eigenvalue weighted by Crippen LogP contribution is -2.16. The molecule has 0 aliphatic heterocycles. The number of hydrogen-bond donors (Lipinski definition) is 2. The Kier molecular flexibility index (Phi) is 5.37. The molecule has 0 atom stereocenters. The van der Waals surface area contributed by atoms with Crippen LogP contribution in [0.2, 0.25) is 0 Å². The molecular weight excluding hydrogens is 328 g/mol. The Morgan fingerprint density at radius 3 is 2.46 bits per heavy atom. The second-order valence-electron chi connectivity index (χ2n) is 6.59. The summed E-state index contributed by atoms with van der Waals surface area (Å²) in [6, 6.07) is 14.3. The van der Waals surface area contributed by atoms with Crippen molar-refractivity contribution in [2.75, 3.05) is 11.9 Å². The van der Waals surface area contributed by atoms with Gasteiger partial charge in [-0.3, -0.25) is 9.59 Å². The van der Waals surface area contributed by atoms with Crippen molar-refractivity contribution in [3.05, 3.63) is 70.6 Å². The van der Waals surface area contributed by atoms with Gasteiger partial charge < -0.3 is 15.0 Å². The minimum atomic E-state index is -0.272. The number of carbonyl (C=O) groups excluding carboxylic acids is 1. The Balaban J connectivity index is 1.73. The van der Waals surface area contributed by atoms with E-state index in [1.54, 1.807) is 30.3 Å². The summed E-state index contributed by atoms with van der Waals surface area (Å²) in [5, 5.41) is 3.98. The molecule has 0 unspecified atom stereocenters. The van der Waals surface area contributed by atoms with Gasteiger partial charge in [0.05, 0.1) is 12.2 Å². The van der Waals surface area contributed by atoms with E-state index in [1.807, 2.05) is 18.2 Å². The summed E-state index contributed by atoms with van der Waals surface area (Å²) in [5.74, 6) is 1.10. The molecule has 134 valence electrons. The maximum Gasteiger partial charge on any atom is 0.257 e. The van der Waals surface area contributed by atoms with Crippen molar-refractivity contribution < 1.29 is 9.53 Å². The molecule has 26 heavy (non-hydrogen) atoms. The molecule has 0 fully saturated rings. The molecule has 2 N–H and O–H groups in total. The zero-order valence-electron chi connectivity index (χ0n) is 14.9. The molecular formula is C21H22N2O3. The summed E-state index contributed by atoms with van der Waals surface area (Å²) in [6.07, 6.45) is 2.45. The molecule has 0 saturated heterocycles. The summed E-state index contributed by atoms with van der Waals surface area (Å²) in [6.45, 7) is 4.98. The molecule has 1 heterocycles. The number of rotatable bonds is 6. The minimum Gasteiger partial charge on any atom is -0.494 e. The lowest BCUT2D eigenvalue weighted by Gasteiger charge is -2.10. The van der Waals surface area contributed by atoms with Crippen LogP contribution in [0, 0.1) is 5.92 Å². The van der Waals surface area contributed by atoms with Crippen LogP contribution in [-0.4, -0.2) is 17.5 Å². The van der Waals surface area contributed by atoms with E-state index in [9.17, 15) is 9.59 Å². The van der Waals surface area contributed by atoms with E-state index in [2.05, 4.69) is 24.1 Å². The van der Waals surface area contributed by atoms with Crippen LogP contribution in [0.5, 0.6) is 5.75 Å². The standard InChI is InChI=1S/C21H22N2O3/c1-14(2)11-12-26-16-9-7-15(8-10-16)23-21(25)19-13-22-20(24)18-6-4-3-5-17(18)19/h3-10,13-14H,11-12H2,1-2H3,(H,22,24)(H,23,25). The van der Waals surface area contributed by atoms with Crippen LogP contribution in [0.25, 0.3) is 10.8 Å². The summed E-state index contributed by atoms with van der Waals surface area (Å²) in [7, 11) is 0. The van der Waals surface area contributed by atoms with Crippen LogP contribution in [0.3, 0.4) is 0 Å². The van der Waals surface area contributed by atoms with Crippen molar-refractivity contribution >= 4 is 22.4 Å². The van der Waals surface area contributed by atoms with Crippen LogP contribution < -0.4 is 15.6 Å². The first-order valence-electron chi connectivity index (χ1n) is 8.69. The van der Waals surface area contributed by atoms with Crippen LogP contribution in [-0.2, 0) is 0 Å². The summed E-state index contributed by atoms with van der Waals surface area (Å²) >= 11 is 0. The SMILES string of the molecule is CC(C)CCOc1ccc(NC(=O)c2c[nH]c(=O)c3ccccc23)cc1. The maximum absolute atomic E-state index is 12.6. The van der Waals surface area contributed by atoms with Crippen LogP contribution in [0.1, 0.15) is 30.6 Å². The smallest absolute Gasteiger partial charge is 0.257 e. The number of ether oxygens (including phenoxy) is 1. The van der Waals surface area contributed by atoms with Crippen molar-refractivity contribution in [1.29, 1.82) is 0 Å². The second kappa shape index (κ2) is 7.87. The minimum absolute atomic E-state index is 0.208. The normalized spacial score (nSPS) is 10.9. The van der Waals surface area contributed by atoms with Gasteiger partial charge in [-0.15, -0.1) is 0 Å².